The molecule has 4 heteroatoms. The molecule has 0 bridgehead atoms. The molecular weight excluding hydrogens is 188 g/mol. The van der Waals surface area contributed by atoms with Crippen LogP contribution in [0, 0.1) is 5.92 Å². The van der Waals surface area contributed by atoms with Crippen molar-refractivity contribution in [2.75, 3.05) is 13.1 Å². The lowest BCUT2D eigenvalue weighted by molar-refractivity contribution is 0.487. The Labute approximate surface area is 92.7 Å². The van der Waals surface area contributed by atoms with Crippen molar-refractivity contribution >= 4 is 5.96 Å². The summed E-state index contributed by atoms with van der Waals surface area (Å²) in [5, 5.41) is 3.07. The van der Waals surface area contributed by atoms with Crippen LogP contribution in [0.15, 0.2) is 4.99 Å². The van der Waals surface area contributed by atoms with Gasteiger partial charge in [-0.25, -0.2) is 5.84 Å². The standard InChI is InChI=1S/C11H24N4/c1-2-13-11(15-12)14-9-5-8-10-6-3-4-7-10/h10H,2-9,12H2,1H3,(H2,13,14,15). The maximum Gasteiger partial charge on any atom is 0.205 e. The molecule has 0 radical (unpaired) electrons. The van der Waals surface area contributed by atoms with Crippen LogP contribution in [0.25, 0.3) is 0 Å². The van der Waals surface area contributed by atoms with Crippen molar-refractivity contribution in [2.45, 2.75) is 45.4 Å². The van der Waals surface area contributed by atoms with Gasteiger partial charge in [-0.2, -0.15) is 0 Å². The quantitative estimate of drug-likeness (QED) is 0.212. The Hall–Kier alpha value is -0.770. The van der Waals surface area contributed by atoms with Crippen molar-refractivity contribution in [3.8, 4) is 0 Å². The Morgan fingerprint density at radius 2 is 2.13 bits per heavy atom. The lowest BCUT2D eigenvalue weighted by Crippen LogP contribution is -2.41. The second kappa shape index (κ2) is 7.51. The van der Waals surface area contributed by atoms with Crippen molar-refractivity contribution in [3.05, 3.63) is 0 Å². The Morgan fingerprint density at radius 3 is 2.73 bits per heavy atom. The van der Waals surface area contributed by atoms with Crippen LogP contribution in [-0.2, 0) is 0 Å². The lowest BCUT2D eigenvalue weighted by Gasteiger charge is -2.08. The second-order valence-corrected chi connectivity index (χ2v) is 4.20. The summed E-state index contributed by atoms with van der Waals surface area (Å²) in [5.74, 6) is 7.00. The van der Waals surface area contributed by atoms with E-state index in [4.69, 9.17) is 5.84 Å². The van der Waals surface area contributed by atoms with Gasteiger partial charge in [0.2, 0.25) is 5.96 Å². The molecule has 15 heavy (non-hydrogen) atoms. The molecule has 4 nitrogen and oxygen atoms in total. The predicted octanol–water partition coefficient (Wildman–Crippen LogP) is 1.39. The number of nitrogens with zero attached hydrogens (tertiary/aromatic N) is 1. The first-order valence-corrected chi connectivity index (χ1v) is 6.11. The van der Waals surface area contributed by atoms with Crippen molar-refractivity contribution in [1.82, 2.24) is 10.7 Å². The Balaban J connectivity index is 2.07. The van der Waals surface area contributed by atoms with Crippen LogP contribution in [0.2, 0.25) is 0 Å². The Kier molecular flexibility index (Phi) is 6.16. The number of hydrogen-bond donors (Lipinski definition) is 3. The SMILES string of the molecule is CCNC(=NCCCC1CCCC1)NN. The zero-order valence-electron chi connectivity index (χ0n) is 9.76. The maximum atomic E-state index is 5.32. The third kappa shape index (κ3) is 5.02. The predicted molar refractivity (Wildman–Crippen MR) is 64.5 cm³/mol. The number of guanidine groups is 1. The Morgan fingerprint density at radius 1 is 1.40 bits per heavy atom. The minimum absolute atomic E-state index is 0.712. The van der Waals surface area contributed by atoms with Crippen LogP contribution in [0.1, 0.15) is 45.4 Å². The molecule has 0 unspecified atom stereocenters. The van der Waals surface area contributed by atoms with Gasteiger partial charge in [-0.3, -0.25) is 10.4 Å². The molecule has 0 aliphatic heterocycles. The van der Waals surface area contributed by atoms with E-state index in [9.17, 15) is 0 Å². The van der Waals surface area contributed by atoms with E-state index in [1.165, 1.54) is 38.5 Å². The fourth-order valence-corrected chi connectivity index (χ4v) is 2.19. The van der Waals surface area contributed by atoms with Crippen molar-refractivity contribution in [3.63, 3.8) is 0 Å². The van der Waals surface area contributed by atoms with Crippen molar-refractivity contribution in [2.24, 2.45) is 16.8 Å². The first kappa shape index (κ1) is 12.3. The monoisotopic (exact) mass is 212 g/mol. The van der Waals surface area contributed by atoms with Crippen LogP contribution in [-0.4, -0.2) is 19.0 Å². The first-order chi connectivity index (χ1) is 7.36. The molecule has 1 saturated carbocycles. The van der Waals surface area contributed by atoms with Crippen LogP contribution in [0.3, 0.4) is 0 Å². The number of hydrogen-bond acceptors (Lipinski definition) is 2. The molecule has 0 aromatic heterocycles. The highest BCUT2D eigenvalue weighted by Crippen LogP contribution is 2.28. The van der Waals surface area contributed by atoms with Gasteiger partial charge in [0, 0.05) is 13.1 Å². The molecule has 88 valence electrons. The third-order valence-electron chi connectivity index (χ3n) is 3.00. The molecular formula is C11H24N4. The molecule has 0 spiro atoms. The molecule has 0 aromatic rings. The van der Waals surface area contributed by atoms with Gasteiger partial charge < -0.3 is 5.32 Å². The van der Waals surface area contributed by atoms with Gasteiger partial charge >= 0.3 is 0 Å². The summed E-state index contributed by atoms with van der Waals surface area (Å²) in [5.41, 5.74) is 2.57. The van der Waals surface area contributed by atoms with Crippen LogP contribution >= 0.6 is 0 Å². The summed E-state index contributed by atoms with van der Waals surface area (Å²) in [7, 11) is 0. The van der Waals surface area contributed by atoms with Gasteiger partial charge in [-0.05, 0) is 25.7 Å². The van der Waals surface area contributed by atoms with E-state index in [2.05, 4.69) is 15.7 Å². The highest BCUT2D eigenvalue weighted by molar-refractivity contribution is 5.78. The zero-order valence-corrected chi connectivity index (χ0v) is 9.76. The third-order valence-corrected chi connectivity index (χ3v) is 3.00. The van der Waals surface area contributed by atoms with Crippen molar-refractivity contribution < 1.29 is 0 Å². The van der Waals surface area contributed by atoms with E-state index >= 15 is 0 Å². The topological polar surface area (TPSA) is 62.4 Å². The Bertz CT molecular complexity index is 185. The van der Waals surface area contributed by atoms with E-state index in [1.807, 2.05) is 6.92 Å². The van der Waals surface area contributed by atoms with E-state index in [0.717, 1.165) is 19.0 Å². The molecule has 0 heterocycles. The summed E-state index contributed by atoms with van der Waals surface area (Å²) in [6, 6.07) is 0. The number of nitrogens with one attached hydrogen (secondary N) is 2. The average Bonchev–Trinajstić information content (AvgIpc) is 2.75. The largest absolute Gasteiger partial charge is 0.356 e. The number of rotatable bonds is 5. The average molecular weight is 212 g/mol. The fourth-order valence-electron chi connectivity index (χ4n) is 2.19. The highest BCUT2D eigenvalue weighted by Gasteiger charge is 2.13. The van der Waals surface area contributed by atoms with Gasteiger partial charge in [0.05, 0.1) is 0 Å². The molecule has 1 aliphatic rings. The van der Waals surface area contributed by atoms with Gasteiger partial charge in [-0.1, -0.05) is 25.7 Å². The summed E-state index contributed by atoms with van der Waals surface area (Å²) in [4.78, 5) is 4.36. The van der Waals surface area contributed by atoms with Gasteiger partial charge in [0.1, 0.15) is 0 Å². The van der Waals surface area contributed by atoms with E-state index in [1.54, 1.807) is 0 Å². The summed E-state index contributed by atoms with van der Waals surface area (Å²) in [6.07, 6.45) is 8.23. The summed E-state index contributed by atoms with van der Waals surface area (Å²) >= 11 is 0. The minimum Gasteiger partial charge on any atom is -0.356 e. The normalized spacial score (nSPS) is 18.1. The van der Waals surface area contributed by atoms with Gasteiger partial charge in [0.25, 0.3) is 0 Å². The molecule has 0 saturated heterocycles. The summed E-state index contributed by atoms with van der Waals surface area (Å²) < 4.78 is 0. The molecule has 0 aromatic carbocycles. The molecule has 1 fully saturated rings. The van der Waals surface area contributed by atoms with Crippen LogP contribution in [0.5, 0.6) is 0 Å². The number of nitrogens with two attached hydrogens (primary N) is 1. The van der Waals surface area contributed by atoms with E-state index in [0.29, 0.717) is 5.96 Å². The molecule has 0 amide bonds. The van der Waals surface area contributed by atoms with Crippen molar-refractivity contribution in [1.29, 1.82) is 0 Å². The second-order valence-electron chi connectivity index (χ2n) is 4.20. The fraction of sp³-hybridized carbons (Fsp3) is 0.909. The molecule has 1 rings (SSSR count). The number of hydrazine groups is 1. The lowest BCUT2D eigenvalue weighted by atomic mass is 10.0. The smallest absolute Gasteiger partial charge is 0.205 e. The highest BCUT2D eigenvalue weighted by atomic mass is 15.3. The van der Waals surface area contributed by atoms with Gasteiger partial charge in [0.15, 0.2) is 0 Å². The van der Waals surface area contributed by atoms with Crippen LogP contribution in [0.4, 0.5) is 0 Å². The van der Waals surface area contributed by atoms with E-state index < -0.39 is 0 Å². The van der Waals surface area contributed by atoms with E-state index in [-0.39, 0.29) is 0 Å². The number of aliphatic imine (C=N–C) groups is 1. The molecule has 4 N–H and O–H groups in total. The zero-order chi connectivity index (χ0) is 10.9. The maximum absolute atomic E-state index is 5.32. The van der Waals surface area contributed by atoms with Gasteiger partial charge in [-0.15, -0.1) is 0 Å². The first-order valence-electron chi connectivity index (χ1n) is 6.11. The van der Waals surface area contributed by atoms with Crippen LogP contribution < -0.4 is 16.6 Å². The summed E-state index contributed by atoms with van der Waals surface area (Å²) in [6.45, 7) is 3.76. The molecule has 1 aliphatic carbocycles. The minimum atomic E-state index is 0.712. The molecule has 0 atom stereocenters.